The van der Waals surface area contributed by atoms with Gasteiger partial charge in [0.25, 0.3) is 0 Å². The third-order valence-electron chi connectivity index (χ3n) is 3.25. The molecule has 94 valence electrons. The summed E-state index contributed by atoms with van der Waals surface area (Å²) in [7, 11) is 1.68. The number of likely N-dealkylation sites (tertiary alicyclic amines) is 1. The van der Waals surface area contributed by atoms with Crippen LogP contribution >= 0.6 is 0 Å². The van der Waals surface area contributed by atoms with Crippen LogP contribution in [0.3, 0.4) is 0 Å². The Kier molecular flexibility index (Phi) is 5.77. The minimum Gasteiger partial charge on any atom is -0.358 e. The van der Waals surface area contributed by atoms with Gasteiger partial charge in [0.15, 0.2) is 0 Å². The van der Waals surface area contributed by atoms with Crippen LogP contribution in [-0.4, -0.2) is 49.6 Å². The normalized spacial score (nSPS) is 20.7. The Bertz CT molecular complexity index is 212. The second kappa shape index (κ2) is 6.86. The number of likely N-dealkylation sites (N-methyl/N-ethyl adjacent to an activating group) is 1. The molecule has 1 aliphatic heterocycles. The lowest BCUT2D eigenvalue weighted by atomic mass is 10.0. The first-order valence-electron chi connectivity index (χ1n) is 6.37. The van der Waals surface area contributed by atoms with Crippen LogP contribution in [0.15, 0.2) is 0 Å². The predicted octanol–water partition coefficient (Wildman–Crippen LogP) is 0.585. The first-order chi connectivity index (χ1) is 7.67. The number of hydrogen-bond donors (Lipinski definition) is 2. The lowest BCUT2D eigenvalue weighted by Crippen LogP contribution is -2.49. The zero-order valence-corrected chi connectivity index (χ0v) is 10.8. The van der Waals surface area contributed by atoms with Gasteiger partial charge in [-0.3, -0.25) is 4.79 Å². The van der Waals surface area contributed by atoms with Crippen LogP contribution in [0.5, 0.6) is 0 Å². The van der Waals surface area contributed by atoms with Gasteiger partial charge in [-0.05, 0) is 45.8 Å². The highest BCUT2D eigenvalue weighted by atomic mass is 16.2. The van der Waals surface area contributed by atoms with E-state index in [9.17, 15) is 4.79 Å². The Hall–Kier alpha value is -0.610. The summed E-state index contributed by atoms with van der Waals surface area (Å²) in [5, 5.41) is 6.06. The molecule has 0 aromatic rings. The molecule has 1 fully saturated rings. The number of rotatable bonds is 5. The summed E-state index contributed by atoms with van der Waals surface area (Å²) in [6.45, 7) is 7.67. The molecule has 0 unspecified atom stereocenters. The van der Waals surface area contributed by atoms with Crippen LogP contribution in [0.1, 0.15) is 33.1 Å². The van der Waals surface area contributed by atoms with Crippen molar-refractivity contribution in [1.29, 1.82) is 0 Å². The SMILES string of the molecule is CCCN1CCC(N[C@H](C)C(=O)NC)CC1. The molecule has 4 heteroatoms. The van der Waals surface area contributed by atoms with E-state index in [0.717, 1.165) is 25.9 Å². The van der Waals surface area contributed by atoms with E-state index in [1.807, 2.05) is 6.92 Å². The Morgan fingerprint density at radius 1 is 1.44 bits per heavy atom. The van der Waals surface area contributed by atoms with Crippen LogP contribution in [0.25, 0.3) is 0 Å². The molecule has 16 heavy (non-hydrogen) atoms. The van der Waals surface area contributed by atoms with E-state index in [2.05, 4.69) is 22.5 Å². The Morgan fingerprint density at radius 3 is 2.56 bits per heavy atom. The highest BCUT2D eigenvalue weighted by Crippen LogP contribution is 2.11. The molecule has 1 heterocycles. The van der Waals surface area contributed by atoms with Crippen LogP contribution in [0.4, 0.5) is 0 Å². The van der Waals surface area contributed by atoms with Gasteiger partial charge >= 0.3 is 0 Å². The lowest BCUT2D eigenvalue weighted by molar-refractivity contribution is -0.122. The topological polar surface area (TPSA) is 44.4 Å². The summed E-state index contributed by atoms with van der Waals surface area (Å²) in [5.74, 6) is 0.0796. The molecule has 2 N–H and O–H groups in total. The quantitative estimate of drug-likeness (QED) is 0.722. The van der Waals surface area contributed by atoms with Crippen molar-refractivity contribution >= 4 is 5.91 Å². The summed E-state index contributed by atoms with van der Waals surface area (Å²) >= 11 is 0. The second-order valence-electron chi connectivity index (χ2n) is 4.62. The molecule has 0 bridgehead atoms. The molecule has 0 saturated carbocycles. The van der Waals surface area contributed by atoms with Crippen molar-refractivity contribution in [3.63, 3.8) is 0 Å². The van der Waals surface area contributed by atoms with Gasteiger partial charge in [-0.1, -0.05) is 6.92 Å². The predicted molar refractivity (Wildman–Crippen MR) is 66.4 cm³/mol. The molecular weight excluding hydrogens is 202 g/mol. The molecule has 0 aromatic heterocycles. The third-order valence-corrected chi connectivity index (χ3v) is 3.25. The van der Waals surface area contributed by atoms with E-state index < -0.39 is 0 Å². The maximum absolute atomic E-state index is 11.4. The minimum absolute atomic E-state index is 0.0762. The number of amides is 1. The molecule has 0 aromatic carbocycles. The van der Waals surface area contributed by atoms with E-state index >= 15 is 0 Å². The van der Waals surface area contributed by atoms with Gasteiger partial charge in [-0.25, -0.2) is 0 Å². The fourth-order valence-corrected chi connectivity index (χ4v) is 2.29. The van der Waals surface area contributed by atoms with Gasteiger partial charge in [-0.2, -0.15) is 0 Å². The molecule has 0 aliphatic carbocycles. The van der Waals surface area contributed by atoms with Gasteiger partial charge < -0.3 is 15.5 Å². The van der Waals surface area contributed by atoms with Crippen molar-refractivity contribution in [2.24, 2.45) is 0 Å². The van der Waals surface area contributed by atoms with Crippen LogP contribution in [-0.2, 0) is 4.79 Å². The lowest BCUT2D eigenvalue weighted by Gasteiger charge is -2.33. The molecule has 1 saturated heterocycles. The van der Waals surface area contributed by atoms with E-state index in [1.165, 1.54) is 13.0 Å². The van der Waals surface area contributed by atoms with Crippen molar-refractivity contribution in [1.82, 2.24) is 15.5 Å². The Balaban J connectivity index is 2.24. The Morgan fingerprint density at radius 2 is 2.06 bits per heavy atom. The van der Waals surface area contributed by atoms with Crippen molar-refractivity contribution in [2.45, 2.75) is 45.2 Å². The third kappa shape index (κ3) is 4.10. The number of nitrogens with one attached hydrogen (secondary N) is 2. The van der Waals surface area contributed by atoms with Gasteiger partial charge in [-0.15, -0.1) is 0 Å². The van der Waals surface area contributed by atoms with Gasteiger partial charge in [0.2, 0.25) is 5.91 Å². The first-order valence-corrected chi connectivity index (χ1v) is 6.37. The smallest absolute Gasteiger partial charge is 0.236 e. The molecule has 0 spiro atoms. The highest BCUT2D eigenvalue weighted by molar-refractivity contribution is 5.80. The van der Waals surface area contributed by atoms with Crippen molar-refractivity contribution < 1.29 is 4.79 Å². The molecule has 1 amide bonds. The number of nitrogens with zero attached hydrogens (tertiary/aromatic N) is 1. The number of carbonyl (C=O) groups is 1. The molecule has 4 nitrogen and oxygen atoms in total. The van der Waals surface area contributed by atoms with Crippen LogP contribution in [0.2, 0.25) is 0 Å². The first kappa shape index (κ1) is 13.5. The average molecular weight is 227 g/mol. The molecular formula is C12H25N3O. The second-order valence-corrected chi connectivity index (χ2v) is 4.62. The van der Waals surface area contributed by atoms with E-state index in [1.54, 1.807) is 7.05 Å². The minimum atomic E-state index is -0.0762. The maximum Gasteiger partial charge on any atom is 0.236 e. The van der Waals surface area contributed by atoms with Crippen molar-refractivity contribution in [3.05, 3.63) is 0 Å². The summed E-state index contributed by atoms with van der Waals surface area (Å²) in [6.07, 6.45) is 3.54. The number of hydrogen-bond acceptors (Lipinski definition) is 3. The van der Waals surface area contributed by atoms with E-state index in [-0.39, 0.29) is 11.9 Å². The summed E-state index contributed by atoms with van der Waals surface area (Å²) in [5.41, 5.74) is 0. The van der Waals surface area contributed by atoms with Gasteiger partial charge in [0.05, 0.1) is 6.04 Å². The van der Waals surface area contributed by atoms with Crippen LogP contribution in [0, 0.1) is 0 Å². The zero-order chi connectivity index (χ0) is 12.0. The van der Waals surface area contributed by atoms with E-state index in [4.69, 9.17) is 0 Å². The van der Waals surface area contributed by atoms with Crippen LogP contribution < -0.4 is 10.6 Å². The van der Waals surface area contributed by atoms with E-state index in [0.29, 0.717) is 6.04 Å². The van der Waals surface area contributed by atoms with Crippen molar-refractivity contribution in [2.75, 3.05) is 26.7 Å². The summed E-state index contributed by atoms with van der Waals surface area (Å²) in [4.78, 5) is 13.9. The largest absolute Gasteiger partial charge is 0.358 e. The summed E-state index contributed by atoms with van der Waals surface area (Å²) in [6, 6.07) is 0.424. The fraction of sp³-hybridized carbons (Fsp3) is 0.917. The standard InChI is InChI=1S/C12H25N3O/c1-4-7-15-8-5-11(6-9-15)14-10(2)12(16)13-3/h10-11,14H,4-9H2,1-3H3,(H,13,16)/t10-/m1/s1. The highest BCUT2D eigenvalue weighted by Gasteiger charge is 2.21. The fourth-order valence-electron chi connectivity index (χ4n) is 2.29. The Labute approximate surface area is 98.8 Å². The van der Waals surface area contributed by atoms with Gasteiger partial charge in [0.1, 0.15) is 0 Å². The number of carbonyl (C=O) groups excluding carboxylic acids is 1. The molecule has 0 radical (unpaired) electrons. The van der Waals surface area contributed by atoms with Gasteiger partial charge in [0, 0.05) is 13.1 Å². The zero-order valence-electron chi connectivity index (χ0n) is 10.8. The summed E-state index contributed by atoms with van der Waals surface area (Å²) < 4.78 is 0. The van der Waals surface area contributed by atoms with Crippen molar-refractivity contribution in [3.8, 4) is 0 Å². The molecule has 1 atom stereocenters. The molecule has 1 rings (SSSR count). The monoisotopic (exact) mass is 227 g/mol. The maximum atomic E-state index is 11.4. The molecule has 1 aliphatic rings. The average Bonchev–Trinajstić information content (AvgIpc) is 2.31. The number of piperidine rings is 1.